The average Bonchev–Trinajstić information content (AvgIpc) is 2.54. The summed E-state index contributed by atoms with van der Waals surface area (Å²) in [6.45, 7) is 0.0869. The molecule has 0 aliphatic rings. The van der Waals surface area contributed by atoms with Crippen LogP contribution in [0.1, 0.15) is 5.56 Å². The van der Waals surface area contributed by atoms with E-state index in [-0.39, 0.29) is 12.4 Å². The summed E-state index contributed by atoms with van der Waals surface area (Å²) < 4.78 is 12.9. The van der Waals surface area contributed by atoms with Crippen molar-refractivity contribution in [2.75, 3.05) is 11.9 Å². The van der Waals surface area contributed by atoms with Crippen molar-refractivity contribution in [3.63, 3.8) is 0 Å². The number of halogens is 1. The van der Waals surface area contributed by atoms with Gasteiger partial charge in [0, 0.05) is 24.6 Å². The van der Waals surface area contributed by atoms with E-state index >= 15 is 0 Å². The predicted molar refractivity (Wildman–Crippen MR) is 84.0 cm³/mol. The maximum absolute atomic E-state index is 12.9. The van der Waals surface area contributed by atoms with E-state index in [1.165, 1.54) is 12.1 Å². The molecule has 2 aromatic rings. The van der Waals surface area contributed by atoms with E-state index in [1.54, 1.807) is 36.7 Å². The molecule has 0 spiro atoms. The minimum Gasteiger partial charge on any atom is -0.369 e. The lowest BCUT2D eigenvalue weighted by Crippen LogP contribution is -2.39. The highest BCUT2D eigenvalue weighted by Gasteiger charge is 2.17. The third-order valence-electron chi connectivity index (χ3n) is 3.24. The van der Waals surface area contributed by atoms with Crippen LogP contribution in [-0.4, -0.2) is 23.5 Å². The topological polar surface area (TPSA) is 97.1 Å². The molecule has 4 N–H and O–H groups in total. The van der Waals surface area contributed by atoms with Crippen LogP contribution in [0.25, 0.3) is 0 Å². The smallest absolute Gasteiger partial charge is 0.319 e. The van der Waals surface area contributed by atoms with Crippen molar-refractivity contribution in [2.45, 2.75) is 6.42 Å². The third kappa shape index (κ3) is 5.39. The van der Waals surface area contributed by atoms with Crippen LogP contribution < -0.4 is 16.4 Å². The van der Waals surface area contributed by atoms with Gasteiger partial charge in [0.15, 0.2) is 0 Å². The number of urea groups is 1. The van der Waals surface area contributed by atoms with Crippen molar-refractivity contribution in [3.05, 3.63) is 60.2 Å². The van der Waals surface area contributed by atoms with Crippen LogP contribution in [-0.2, 0) is 11.2 Å². The fourth-order valence-corrected chi connectivity index (χ4v) is 2.00. The Hall–Kier alpha value is -2.96. The Balaban J connectivity index is 1.88. The summed E-state index contributed by atoms with van der Waals surface area (Å²) in [7, 11) is 0. The first-order valence-electron chi connectivity index (χ1n) is 7.03. The summed E-state index contributed by atoms with van der Waals surface area (Å²) in [5.74, 6) is -1.46. The number of hydrogen-bond acceptors (Lipinski definition) is 3. The van der Waals surface area contributed by atoms with Crippen LogP contribution in [0, 0.1) is 11.7 Å². The number of hydrogen-bond donors (Lipinski definition) is 3. The molecule has 6 nitrogen and oxygen atoms in total. The second kappa shape index (κ2) is 7.88. The van der Waals surface area contributed by atoms with Crippen LogP contribution in [0.5, 0.6) is 0 Å². The predicted octanol–water partition coefficient (Wildman–Crippen LogP) is 1.69. The summed E-state index contributed by atoms with van der Waals surface area (Å²) in [5.41, 5.74) is 6.72. The quantitative estimate of drug-likeness (QED) is 0.756. The number of rotatable bonds is 6. The van der Waals surface area contributed by atoms with Crippen LogP contribution in [0.3, 0.4) is 0 Å². The summed E-state index contributed by atoms with van der Waals surface area (Å²) in [4.78, 5) is 27.1. The lowest BCUT2D eigenvalue weighted by Gasteiger charge is -2.15. The average molecular weight is 316 g/mol. The summed E-state index contributed by atoms with van der Waals surface area (Å²) in [6, 6.07) is 8.65. The summed E-state index contributed by atoms with van der Waals surface area (Å²) in [5, 5.41) is 5.21. The Kier molecular flexibility index (Phi) is 5.62. The van der Waals surface area contributed by atoms with Gasteiger partial charge < -0.3 is 16.4 Å². The van der Waals surface area contributed by atoms with E-state index in [0.29, 0.717) is 12.1 Å². The maximum atomic E-state index is 12.9. The number of nitrogens with two attached hydrogens (primary N) is 1. The molecule has 0 saturated carbocycles. The van der Waals surface area contributed by atoms with E-state index in [2.05, 4.69) is 15.6 Å². The van der Waals surface area contributed by atoms with Gasteiger partial charge in [-0.05, 0) is 36.2 Å². The number of aromatic nitrogens is 1. The first-order valence-corrected chi connectivity index (χ1v) is 7.03. The SMILES string of the molecule is NC(=O)[C@H](CNC(=O)Nc1ccncc1)Cc1ccc(F)cc1. The number of nitrogens with zero attached hydrogens (tertiary/aromatic N) is 1. The minimum absolute atomic E-state index is 0.0869. The van der Waals surface area contributed by atoms with E-state index in [0.717, 1.165) is 5.56 Å². The monoisotopic (exact) mass is 316 g/mol. The van der Waals surface area contributed by atoms with Crippen LogP contribution in [0.4, 0.5) is 14.9 Å². The number of nitrogens with one attached hydrogen (secondary N) is 2. The van der Waals surface area contributed by atoms with Gasteiger partial charge in [-0.25, -0.2) is 9.18 Å². The fourth-order valence-electron chi connectivity index (χ4n) is 2.00. The Labute approximate surface area is 132 Å². The van der Waals surface area contributed by atoms with Gasteiger partial charge >= 0.3 is 6.03 Å². The van der Waals surface area contributed by atoms with Crippen LogP contribution in [0.2, 0.25) is 0 Å². The zero-order valence-corrected chi connectivity index (χ0v) is 12.3. The molecule has 0 fully saturated rings. The molecule has 7 heteroatoms. The number of anilines is 1. The molecular formula is C16H17FN4O2. The Morgan fingerprint density at radius 2 is 1.78 bits per heavy atom. The zero-order chi connectivity index (χ0) is 16.7. The molecule has 1 atom stereocenters. The van der Waals surface area contributed by atoms with E-state index in [9.17, 15) is 14.0 Å². The lowest BCUT2D eigenvalue weighted by atomic mass is 9.98. The van der Waals surface area contributed by atoms with Crippen LogP contribution in [0.15, 0.2) is 48.8 Å². The highest BCUT2D eigenvalue weighted by molar-refractivity contribution is 5.89. The minimum atomic E-state index is -0.580. The molecule has 0 unspecified atom stereocenters. The maximum Gasteiger partial charge on any atom is 0.319 e. The number of benzene rings is 1. The summed E-state index contributed by atoms with van der Waals surface area (Å²) >= 11 is 0. The second-order valence-corrected chi connectivity index (χ2v) is 5.00. The van der Waals surface area contributed by atoms with Gasteiger partial charge in [-0.3, -0.25) is 9.78 Å². The van der Waals surface area contributed by atoms with Gasteiger partial charge in [0.25, 0.3) is 0 Å². The Morgan fingerprint density at radius 1 is 1.13 bits per heavy atom. The molecule has 0 radical (unpaired) electrons. The van der Waals surface area contributed by atoms with Gasteiger partial charge in [0.2, 0.25) is 5.91 Å². The molecule has 1 heterocycles. The second-order valence-electron chi connectivity index (χ2n) is 5.00. The van der Waals surface area contributed by atoms with Gasteiger partial charge in [0.1, 0.15) is 5.82 Å². The van der Waals surface area contributed by atoms with E-state index in [4.69, 9.17) is 5.73 Å². The van der Waals surface area contributed by atoms with Gasteiger partial charge in [-0.15, -0.1) is 0 Å². The highest BCUT2D eigenvalue weighted by atomic mass is 19.1. The standard InChI is InChI=1S/C16H17FN4O2/c17-13-3-1-11(2-4-13)9-12(15(18)22)10-20-16(23)21-14-5-7-19-8-6-14/h1-8,12H,9-10H2,(H2,18,22)(H2,19,20,21,23)/t12-/m0/s1. The molecule has 1 aromatic carbocycles. The Bertz CT molecular complexity index is 662. The molecular weight excluding hydrogens is 299 g/mol. The zero-order valence-electron chi connectivity index (χ0n) is 12.3. The molecule has 0 bridgehead atoms. The van der Waals surface area contributed by atoms with Gasteiger partial charge in [-0.1, -0.05) is 12.1 Å². The molecule has 120 valence electrons. The number of amides is 3. The molecule has 0 saturated heterocycles. The van der Waals surface area contributed by atoms with Crippen molar-refractivity contribution in [1.82, 2.24) is 10.3 Å². The molecule has 0 aliphatic heterocycles. The highest BCUT2D eigenvalue weighted by Crippen LogP contribution is 2.10. The Morgan fingerprint density at radius 3 is 2.39 bits per heavy atom. The molecule has 2 rings (SSSR count). The number of pyridine rings is 1. The van der Waals surface area contributed by atoms with E-state index in [1.807, 2.05) is 0 Å². The number of carbonyl (C=O) groups is 2. The molecule has 1 aromatic heterocycles. The number of carbonyl (C=O) groups excluding carboxylic acids is 2. The van der Waals surface area contributed by atoms with Gasteiger partial charge in [-0.2, -0.15) is 0 Å². The number of primary amides is 1. The summed E-state index contributed by atoms with van der Waals surface area (Å²) in [6.07, 6.45) is 3.43. The van der Waals surface area contributed by atoms with Crippen molar-refractivity contribution in [3.8, 4) is 0 Å². The normalized spacial score (nSPS) is 11.5. The fraction of sp³-hybridized carbons (Fsp3) is 0.188. The van der Waals surface area contributed by atoms with Crippen molar-refractivity contribution >= 4 is 17.6 Å². The molecule has 0 aliphatic carbocycles. The first kappa shape index (κ1) is 16.4. The van der Waals surface area contributed by atoms with Crippen molar-refractivity contribution in [1.29, 1.82) is 0 Å². The lowest BCUT2D eigenvalue weighted by molar-refractivity contribution is -0.121. The van der Waals surface area contributed by atoms with Crippen molar-refractivity contribution < 1.29 is 14.0 Å². The first-order chi connectivity index (χ1) is 11.0. The molecule has 3 amide bonds. The third-order valence-corrected chi connectivity index (χ3v) is 3.24. The largest absolute Gasteiger partial charge is 0.369 e. The molecule has 23 heavy (non-hydrogen) atoms. The van der Waals surface area contributed by atoms with Crippen molar-refractivity contribution in [2.24, 2.45) is 11.7 Å². The van der Waals surface area contributed by atoms with Crippen LogP contribution >= 0.6 is 0 Å². The van der Waals surface area contributed by atoms with E-state index < -0.39 is 17.9 Å². The van der Waals surface area contributed by atoms with Gasteiger partial charge in [0.05, 0.1) is 5.92 Å².